The first-order valence-electron chi connectivity index (χ1n) is 7.91. The number of hydrogen-bond donors (Lipinski definition) is 2. The Kier molecular flexibility index (Phi) is 5.95. The van der Waals surface area contributed by atoms with E-state index in [1.54, 1.807) is 32.0 Å². The summed E-state index contributed by atoms with van der Waals surface area (Å²) in [7, 11) is 0. The summed E-state index contributed by atoms with van der Waals surface area (Å²) in [6.45, 7) is 3.84. The third kappa shape index (κ3) is 4.86. The molecule has 136 valence electrons. The predicted octanol–water partition coefficient (Wildman–Crippen LogP) is 3.11. The fourth-order valence-corrected chi connectivity index (χ4v) is 3.14. The quantitative estimate of drug-likeness (QED) is 0.735. The number of halogens is 2. The number of hydrogen-bond acceptors (Lipinski definition) is 3. The lowest BCUT2D eigenvalue weighted by Gasteiger charge is -2.27. The van der Waals surface area contributed by atoms with Crippen molar-refractivity contribution in [1.29, 1.82) is 0 Å². The van der Waals surface area contributed by atoms with Crippen molar-refractivity contribution in [3.8, 4) is 0 Å². The fourth-order valence-electron chi connectivity index (χ4n) is 2.76. The van der Waals surface area contributed by atoms with Gasteiger partial charge in [0.2, 0.25) is 11.8 Å². The van der Waals surface area contributed by atoms with E-state index in [1.165, 1.54) is 4.90 Å². The highest BCUT2D eigenvalue weighted by atomic mass is 35.5. The lowest BCUT2D eigenvalue weighted by molar-refractivity contribution is -0.138. The Morgan fingerprint density at radius 2 is 2.04 bits per heavy atom. The van der Waals surface area contributed by atoms with E-state index < -0.39 is 23.3 Å². The first-order valence-corrected chi connectivity index (χ1v) is 8.66. The van der Waals surface area contributed by atoms with Crippen LogP contribution in [-0.2, 0) is 14.4 Å². The van der Waals surface area contributed by atoms with Crippen molar-refractivity contribution in [2.45, 2.75) is 38.6 Å². The Morgan fingerprint density at radius 3 is 2.68 bits per heavy atom. The number of amides is 2. The van der Waals surface area contributed by atoms with E-state index in [9.17, 15) is 14.4 Å². The fraction of sp³-hybridized carbons (Fsp3) is 0.471. The molecule has 1 atom stereocenters. The Balaban J connectivity index is 2.07. The van der Waals surface area contributed by atoms with Crippen molar-refractivity contribution in [2.75, 3.05) is 11.4 Å². The lowest BCUT2D eigenvalue weighted by Crippen LogP contribution is -2.48. The maximum absolute atomic E-state index is 12.6. The van der Waals surface area contributed by atoms with E-state index in [0.717, 1.165) is 0 Å². The molecule has 1 aliphatic rings. The molecule has 1 aromatic carbocycles. The maximum atomic E-state index is 12.6. The van der Waals surface area contributed by atoms with E-state index >= 15 is 0 Å². The molecule has 1 fully saturated rings. The summed E-state index contributed by atoms with van der Waals surface area (Å²) in [5.74, 6) is -2.49. The predicted molar refractivity (Wildman–Crippen MR) is 96.0 cm³/mol. The Morgan fingerprint density at radius 1 is 1.36 bits per heavy atom. The monoisotopic (exact) mass is 386 g/mol. The number of carboxylic acid groups (broad SMARTS) is 1. The number of carbonyl (C=O) groups is 3. The third-order valence-corrected chi connectivity index (χ3v) is 4.70. The minimum atomic E-state index is -0.930. The molecule has 1 saturated heterocycles. The number of nitrogens with zero attached hydrogens (tertiary/aromatic N) is 1. The van der Waals surface area contributed by atoms with Gasteiger partial charge in [0.05, 0.1) is 10.7 Å². The highest BCUT2D eigenvalue weighted by Crippen LogP contribution is 2.33. The molecule has 25 heavy (non-hydrogen) atoms. The molecular weight excluding hydrogens is 367 g/mol. The Labute approximate surface area is 156 Å². The van der Waals surface area contributed by atoms with Gasteiger partial charge < -0.3 is 15.3 Å². The summed E-state index contributed by atoms with van der Waals surface area (Å²) in [5, 5.41) is 12.4. The zero-order valence-corrected chi connectivity index (χ0v) is 15.5. The molecule has 0 aliphatic carbocycles. The second-order valence-corrected chi connectivity index (χ2v) is 7.54. The van der Waals surface area contributed by atoms with E-state index in [0.29, 0.717) is 28.7 Å². The summed E-state index contributed by atoms with van der Waals surface area (Å²) >= 11 is 12.1. The molecule has 1 heterocycles. The minimum Gasteiger partial charge on any atom is -0.481 e. The van der Waals surface area contributed by atoms with Gasteiger partial charge in [-0.05, 0) is 44.9 Å². The average molecular weight is 387 g/mol. The molecule has 0 radical (unpaired) electrons. The third-order valence-electron chi connectivity index (χ3n) is 4.15. The van der Waals surface area contributed by atoms with E-state index in [4.69, 9.17) is 28.3 Å². The van der Waals surface area contributed by atoms with Crippen molar-refractivity contribution in [1.82, 2.24) is 5.32 Å². The second-order valence-electron chi connectivity index (χ2n) is 6.69. The van der Waals surface area contributed by atoms with Crippen LogP contribution in [0.4, 0.5) is 5.69 Å². The zero-order valence-electron chi connectivity index (χ0n) is 14.0. The summed E-state index contributed by atoms with van der Waals surface area (Å²) in [6.07, 6.45) is 0.581. The second kappa shape index (κ2) is 7.62. The van der Waals surface area contributed by atoms with Crippen LogP contribution in [0.25, 0.3) is 0 Å². The molecule has 1 unspecified atom stereocenters. The largest absolute Gasteiger partial charge is 0.481 e. The Hall–Kier alpha value is -1.79. The van der Waals surface area contributed by atoms with Crippen molar-refractivity contribution in [3.63, 3.8) is 0 Å². The maximum Gasteiger partial charge on any atom is 0.303 e. The number of anilines is 1. The minimum absolute atomic E-state index is 0.0594. The van der Waals surface area contributed by atoms with Gasteiger partial charge in [0.15, 0.2) is 0 Å². The van der Waals surface area contributed by atoms with Crippen LogP contribution >= 0.6 is 23.2 Å². The highest BCUT2D eigenvalue weighted by Gasteiger charge is 2.39. The molecule has 6 nitrogen and oxygen atoms in total. The van der Waals surface area contributed by atoms with Gasteiger partial charge in [-0.1, -0.05) is 23.2 Å². The van der Waals surface area contributed by atoms with Gasteiger partial charge in [-0.25, -0.2) is 0 Å². The molecule has 2 amide bonds. The number of rotatable bonds is 6. The Bertz CT molecular complexity index is 706. The van der Waals surface area contributed by atoms with Gasteiger partial charge >= 0.3 is 5.97 Å². The molecule has 8 heteroatoms. The molecular formula is C17H20Cl2N2O4. The van der Waals surface area contributed by atoms with Crippen LogP contribution in [0.2, 0.25) is 10.0 Å². The van der Waals surface area contributed by atoms with Gasteiger partial charge in [-0.2, -0.15) is 0 Å². The van der Waals surface area contributed by atoms with Gasteiger partial charge in [-0.3, -0.25) is 14.4 Å². The smallest absolute Gasteiger partial charge is 0.303 e. The summed E-state index contributed by atoms with van der Waals surface area (Å²) in [4.78, 5) is 37.3. The van der Waals surface area contributed by atoms with Crippen LogP contribution in [0.3, 0.4) is 0 Å². The summed E-state index contributed by atoms with van der Waals surface area (Å²) < 4.78 is 0. The van der Waals surface area contributed by atoms with Crippen molar-refractivity contribution >= 4 is 46.7 Å². The van der Waals surface area contributed by atoms with Crippen molar-refractivity contribution in [3.05, 3.63) is 28.2 Å². The first-order chi connectivity index (χ1) is 11.6. The molecule has 0 bridgehead atoms. The molecule has 1 aromatic rings. The van der Waals surface area contributed by atoms with Gasteiger partial charge in [0, 0.05) is 23.5 Å². The lowest BCUT2D eigenvalue weighted by atomic mass is 9.96. The molecule has 0 saturated carbocycles. The van der Waals surface area contributed by atoms with E-state index in [-0.39, 0.29) is 18.7 Å². The molecule has 2 N–H and O–H groups in total. The number of benzene rings is 1. The first kappa shape index (κ1) is 19.5. The molecule has 0 spiro atoms. The number of nitrogens with one attached hydrogen (secondary N) is 1. The highest BCUT2D eigenvalue weighted by molar-refractivity contribution is 6.36. The topological polar surface area (TPSA) is 86.7 Å². The summed E-state index contributed by atoms with van der Waals surface area (Å²) in [6, 6.07) is 4.83. The van der Waals surface area contributed by atoms with Crippen LogP contribution < -0.4 is 10.2 Å². The van der Waals surface area contributed by atoms with Crippen LogP contribution in [0.5, 0.6) is 0 Å². The zero-order chi connectivity index (χ0) is 18.8. The SMILES string of the molecule is CC(C)(CCC(=O)O)NC(=O)C1CCN(c2cc(Cl)ccc2Cl)C1=O. The number of carbonyl (C=O) groups excluding carboxylic acids is 2. The number of aliphatic carboxylic acids is 1. The number of carboxylic acids is 1. The van der Waals surface area contributed by atoms with Gasteiger partial charge in [-0.15, -0.1) is 0 Å². The van der Waals surface area contributed by atoms with Crippen molar-refractivity contribution < 1.29 is 19.5 Å². The standard InChI is InChI=1S/C17H20Cl2N2O4/c1-17(2,7-5-14(22)23)20-15(24)11-6-8-21(16(11)25)13-9-10(18)3-4-12(13)19/h3-4,9,11H,5-8H2,1-2H3,(H,20,24)(H,22,23). The molecule has 2 rings (SSSR count). The normalized spacial score (nSPS) is 17.7. The van der Waals surface area contributed by atoms with Crippen LogP contribution in [0, 0.1) is 5.92 Å². The van der Waals surface area contributed by atoms with Crippen LogP contribution in [-0.4, -0.2) is 35.0 Å². The van der Waals surface area contributed by atoms with Gasteiger partial charge in [0.25, 0.3) is 0 Å². The van der Waals surface area contributed by atoms with E-state index in [1.807, 2.05) is 0 Å². The van der Waals surface area contributed by atoms with E-state index in [2.05, 4.69) is 5.32 Å². The molecule has 0 aromatic heterocycles. The van der Waals surface area contributed by atoms with Crippen molar-refractivity contribution in [2.24, 2.45) is 5.92 Å². The average Bonchev–Trinajstić information content (AvgIpc) is 2.89. The van der Waals surface area contributed by atoms with Crippen LogP contribution in [0.15, 0.2) is 18.2 Å². The van der Waals surface area contributed by atoms with Gasteiger partial charge in [0.1, 0.15) is 5.92 Å². The van der Waals surface area contributed by atoms with Crippen LogP contribution in [0.1, 0.15) is 33.1 Å². The summed E-state index contributed by atoms with van der Waals surface area (Å²) in [5.41, 5.74) is -0.226. The molecule has 1 aliphatic heterocycles.